The van der Waals surface area contributed by atoms with Gasteiger partial charge in [-0.15, -0.1) is 0 Å². The lowest BCUT2D eigenvalue weighted by Crippen LogP contribution is -2.26. The zero-order valence-corrected chi connectivity index (χ0v) is 13.5. The molecule has 0 N–H and O–H groups in total. The molecule has 0 saturated carbocycles. The second-order valence-electron chi connectivity index (χ2n) is 6.02. The van der Waals surface area contributed by atoms with E-state index < -0.39 is 0 Å². The summed E-state index contributed by atoms with van der Waals surface area (Å²) in [5.74, 6) is 1.09. The number of para-hydroxylation sites is 2. The minimum absolute atomic E-state index is 0.310. The highest BCUT2D eigenvalue weighted by molar-refractivity contribution is 5.75. The molecule has 0 aliphatic carbocycles. The molecule has 0 amide bonds. The average molecular weight is 303 g/mol. The second kappa shape index (κ2) is 7.22. The Labute approximate surface area is 131 Å². The second-order valence-corrected chi connectivity index (χ2v) is 6.02. The van der Waals surface area contributed by atoms with Crippen molar-refractivity contribution in [1.82, 2.24) is 14.5 Å². The van der Waals surface area contributed by atoms with Crippen LogP contribution in [0.3, 0.4) is 0 Å². The molecule has 2 heterocycles. The number of rotatable bonds is 7. The Kier molecular flexibility index (Phi) is 5.08. The highest BCUT2D eigenvalue weighted by Gasteiger charge is 2.15. The summed E-state index contributed by atoms with van der Waals surface area (Å²) in [6.45, 7) is 4.07. The van der Waals surface area contributed by atoms with Crippen molar-refractivity contribution in [3.05, 3.63) is 30.1 Å². The van der Waals surface area contributed by atoms with Crippen molar-refractivity contribution in [2.45, 2.75) is 25.5 Å². The molecule has 3 rings (SSSR count). The van der Waals surface area contributed by atoms with Crippen LogP contribution in [0.15, 0.2) is 24.3 Å². The predicted octanol–water partition coefficient (Wildman–Crippen LogP) is 2.20. The van der Waals surface area contributed by atoms with E-state index in [0.29, 0.717) is 6.10 Å². The maximum absolute atomic E-state index is 5.72. The van der Waals surface area contributed by atoms with Crippen LogP contribution in [0.2, 0.25) is 0 Å². The van der Waals surface area contributed by atoms with Gasteiger partial charge in [0.2, 0.25) is 0 Å². The largest absolute Gasteiger partial charge is 0.377 e. The Morgan fingerprint density at radius 3 is 3.05 bits per heavy atom. The van der Waals surface area contributed by atoms with Crippen molar-refractivity contribution in [2.24, 2.45) is 7.05 Å². The van der Waals surface area contributed by atoms with E-state index in [0.717, 1.165) is 50.7 Å². The van der Waals surface area contributed by atoms with Crippen LogP contribution in [0, 0.1) is 0 Å². The quantitative estimate of drug-likeness (QED) is 0.735. The first-order valence-corrected chi connectivity index (χ1v) is 8.02. The van der Waals surface area contributed by atoms with E-state index in [4.69, 9.17) is 14.5 Å². The smallest absolute Gasteiger partial charge is 0.123 e. The first-order chi connectivity index (χ1) is 10.7. The molecule has 0 radical (unpaired) electrons. The maximum atomic E-state index is 5.72. The van der Waals surface area contributed by atoms with E-state index in [1.165, 1.54) is 11.9 Å². The molecule has 5 nitrogen and oxygen atoms in total. The van der Waals surface area contributed by atoms with Crippen LogP contribution in [-0.2, 0) is 23.1 Å². The summed E-state index contributed by atoms with van der Waals surface area (Å²) in [4.78, 5) is 6.95. The fourth-order valence-electron chi connectivity index (χ4n) is 2.87. The van der Waals surface area contributed by atoms with E-state index in [1.54, 1.807) is 0 Å². The number of aryl methyl sites for hydroxylation is 1. The molecule has 22 heavy (non-hydrogen) atoms. The Balaban J connectivity index is 1.46. The summed E-state index contributed by atoms with van der Waals surface area (Å²) in [5.41, 5.74) is 2.24. The van der Waals surface area contributed by atoms with E-state index in [1.807, 2.05) is 6.07 Å². The standard InChI is InChI=1S/C17H25N3O2/c1-19(9-11-21-13-14-6-5-10-22-14)12-17-18-15-7-3-4-8-16(15)20(17)2/h3-4,7-8,14H,5-6,9-13H2,1-2H3/t14-/m1/s1. The van der Waals surface area contributed by atoms with Gasteiger partial charge in [-0.2, -0.15) is 0 Å². The maximum Gasteiger partial charge on any atom is 0.123 e. The predicted molar refractivity (Wildman–Crippen MR) is 86.8 cm³/mol. The fourth-order valence-corrected chi connectivity index (χ4v) is 2.87. The van der Waals surface area contributed by atoms with Crippen LogP contribution in [0.5, 0.6) is 0 Å². The Bertz CT molecular complexity index is 605. The fraction of sp³-hybridized carbons (Fsp3) is 0.588. The summed E-state index contributed by atoms with van der Waals surface area (Å²) in [6, 6.07) is 8.25. The van der Waals surface area contributed by atoms with Crippen LogP contribution in [-0.4, -0.2) is 54.0 Å². The van der Waals surface area contributed by atoms with E-state index >= 15 is 0 Å². The zero-order chi connectivity index (χ0) is 15.4. The molecule has 1 atom stereocenters. The number of fused-ring (bicyclic) bond motifs is 1. The van der Waals surface area contributed by atoms with Crippen molar-refractivity contribution in [2.75, 3.05) is 33.4 Å². The highest BCUT2D eigenvalue weighted by atomic mass is 16.5. The molecule has 1 aliphatic heterocycles. The molecule has 2 aromatic rings. The van der Waals surface area contributed by atoms with Gasteiger partial charge in [0, 0.05) is 20.2 Å². The number of nitrogens with zero attached hydrogens (tertiary/aromatic N) is 3. The summed E-state index contributed by atoms with van der Waals surface area (Å²) in [5, 5.41) is 0. The van der Waals surface area contributed by atoms with Gasteiger partial charge in [0.15, 0.2) is 0 Å². The number of hydrogen-bond acceptors (Lipinski definition) is 4. The van der Waals surface area contributed by atoms with Crippen molar-refractivity contribution in [3.8, 4) is 0 Å². The van der Waals surface area contributed by atoms with Crippen LogP contribution < -0.4 is 0 Å². The third-order valence-corrected chi connectivity index (χ3v) is 4.24. The lowest BCUT2D eigenvalue weighted by atomic mass is 10.2. The molecule has 1 aliphatic rings. The van der Waals surface area contributed by atoms with Crippen LogP contribution in [0.4, 0.5) is 0 Å². The SMILES string of the molecule is CN(CCOC[C@H]1CCCO1)Cc1nc2ccccc2n1C. The lowest BCUT2D eigenvalue weighted by Gasteiger charge is -2.17. The number of ether oxygens (including phenoxy) is 2. The van der Waals surface area contributed by atoms with Gasteiger partial charge < -0.3 is 14.0 Å². The Morgan fingerprint density at radius 2 is 2.27 bits per heavy atom. The molecule has 0 unspecified atom stereocenters. The molecule has 1 aromatic carbocycles. The van der Waals surface area contributed by atoms with Crippen LogP contribution in [0.25, 0.3) is 11.0 Å². The number of hydrogen-bond donors (Lipinski definition) is 0. The number of imidazole rings is 1. The summed E-state index contributed by atoms with van der Waals surface area (Å²) < 4.78 is 13.4. The van der Waals surface area contributed by atoms with Crippen molar-refractivity contribution in [3.63, 3.8) is 0 Å². The minimum atomic E-state index is 0.310. The average Bonchev–Trinajstić information content (AvgIpc) is 3.13. The Morgan fingerprint density at radius 1 is 1.41 bits per heavy atom. The topological polar surface area (TPSA) is 39.5 Å². The molecule has 0 spiro atoms. The van der Waals surface area contributed by atoms with E-state index in [2.05, 4.69) is 41.8 Å². The summed E-state index contributed by atoms with van der Waals surface area (Å²) in [6.07, 6.45) is 2.61. The van der Waals surface area contributed by atoms with Crippen molar-refractivity contribution < 1.29 is 9.47 Å². The molecule has 5 heteroatoms. The summed E-state index contributed by atoms with van der Waals surface area (Å²) in [7, 11) is 4.18. The molecular weight excluding hydrogens is 278 g/mol. The first kappa shape index (κ1) is 15.5. The molecule has 1 saturated heterocycles. The molecule has 1 fully saturated rings. The van der Waals surface area contributed by atoms with Gasteiger partial charge in [-0.05, 0) is 32.0 Å². The van der Waals surface area contributed by atoms with Crippen molar-refractivity contribution >= 4 is 11.0 Å². The van der Waals surface area contributed by atoms with Gasteiger partial charge in [0.05, 0.1) is 36.9 Å². The van der Waals surface area contributed by atoms with Gasteiger partial charge in [-0.1, -0.05) is 12.1 Å². The van der Waals surface area contributed by atoms with E-state index in [-0.39, 0.29) is 0 Å². The third-order valence-electron chi connectivity index (χ3n) is 4.24. The van der Waals surface area contributed by atoms with Gasteiger partial charge in [-0.25, -0.2) is 4.98 Å². The van der Waals surface area contributed by atoms with Crippen molar-refractivity contribution in [1.29, 1.82) is 0 Å². The Hall–Kier alpha value is -1.43. The van der Waals surface area contributed by atoms with E-state index in [9.17, 15) is 0 Å². The van der Waals surface area contributed by atoms with Gasteiger partial charge in [-0.3, -0.25) is 4.90 Å². The lowest BCUT2D eigenvalue weighted by molar-refractivity contribution is 0.0115. The minimum Gasteiger partial charge on any atom is -0.377 e. The summed E-state index contributed by atoms with van der Waals surface area (Å²) >= 11 is 0. The first-order valence-electron chi connectivity index (χ1n) is 8.02. The molecular formula is C17H25N3O2. The number of benzene rings is 1. The molecule has 1 aromatic heterocycles. The van der Waals surface area contributed by atoms with Crippen LogP contribution in [0.1, 0.15) is 18.7 Å². The zero-order valence-electron chi connectivity index (χ0n) is 13.5. The van der Waals surface area contributed by atoms with Gasteiger partial charge in [0.1, 0.15) is 5.82 Å². The monoisotopic (exact) mass is 303 g/mol. The normalized spacial score (nSPS) is 18.6. The number of likely N-dealkylation sites (N-methyl/N-ethyl adjacent to an activating group) is 1. The molecule has 120 valence electrons. The van der Waals surface area contributed by atoms with Crippen LogP contribution >= 0.6 is 0 Å². The van der Waals surface area contributed by atoms with Gasteiger partial charge >= 0.3 is 0 Å². The van der Waals surface area contributed by atoms with Gasteiger partial charge in [0.25, 0.3) is 0 Å². The number of aromatic nitrogens is 2. The highest BCUT2D eigenvalue weighted by Crippen LogP contribution is 2.15. The third kappa shape index (κ3) is 3.66. The molecule has 0 bridgehead atoms.